The zero-order valence-corrected chi connectivity index (χ0v) is 9.24. The fourth-order valence-electron chi connectivity index (χ4n) is 3.21. The van der Waals surface area contributed by atoms with Crippen LogP contribution < -0.4 is 5.73 Å². The fourth-order valence-corrected chi connectivity index (χ4v) is 3.21. The maximum atomic E-state index is 11.2. The van der Waals surface area contributed by atoms with E-state index in [1.54, 1.807) is 0 Å². The molecule has 15 heavy (non-hydrogen) atoms. The Labute approximate surface area is 91.0 Å². The summed E-state index contributed by atoms with van der Waals surface area (Å²) in [6.45, 7) is 0. The lowest BCUT2D eigenvalue weighted by Gasteiger charge is -2.43. The summed E-state index contributed by atoms with van der Waals surface area (Å²) in [5, 5.41) is 9.22. The van der Waals surface area contributed by atoms with Crippen LogP contribution in [-0.4, -0.2) is 17.1 Å². The zero-order chi connectivity index (χ0) is 10.9. The third-order valence-electron chi connectivity index (χ3n) is 4.27. The summed E-state index contributed by atoms with van der Waals surface area (Å²) in [5.74, 6) is 0.167. The number of hydrogen-bond donors (Lipinski definition) is 2. The van der Waals surface area contributed by atoms with Crippen LogP contribution in [0.5, 0.6) is 0 Å². The molecule has 2 fully saturated rings. The monoisotopic (exact) mass is 211 g/mol. The van der Waals surface area contributed by atoms with Crippen LogP contribution in [0.4, 0.5) is 0 Å². The van der Waals surface area contributed by atoms with Gasteiger partial charge in [-0.05, 0) is 31.6 Å². The van der Waals surface area contributed by atoms with Crippen molar-refractivity contribution in [2.45, 2.75) is 57.4 Å². The van der Waals surface area contributed by atoms with E-state index in [0.29, 0.717) is 12.8 Å². The highest BCUT2D eigenvalue weighted by atomic mass is 16.4. The lowest BCUT2D eigenvalue weighted by atomic mass is 9.62. The standard InChI is InChI=1S/C12H21NO2/c13-10-7-12(8-10,11(14)15)6-5-9-3-1-2-4-9/h9-10H,1-8,13H2,(H,14,15). The van der Waals surface area contributed by atoms with Gasteiger partial charge in [-0.3, -0.25) is 4.79 Å². The molecule has 3 nitrogen and oxygen atoms in total. The Morgan fingerprint density at radius 3 is 2.40 bits per heavy atom. The third-order valence-corrected chi connectivity index (χ3v) is 4.27. The molecular formula is C12H21NO2. The molecule has 0 radical (unpaired) electrons. The minimum atomic E-state index is -0.623. The first-order chi connectivity index (χ1) is 7.12. The number of carbonyl (C=O) groups is 1. The van der Waals surface area contributed by atoms with E-state index in [1.807, 2.05) is 0 Å². The van der Waals surface area contributed by atoms with Crippen molar-refractivity contribution in [1.29, 1.82) is 0 Å². The summed E-state index contributed by atoms with van der Waals surface area (Å²) in [5.41, 5.74) is 5.26. The van der Waals surface area contributed by atoms with Crippen molar-refractivity contribution < 1.29 is 9.90 Å². The van der Waals surface area contributed by atoms with Gasteiger partial charge in [0.25, 0.3) is 0 Å². The number of nitrogens with two attached hydrogens (primary N) is 1. The van der Waals surface area contributed by atoms with Crippen LogP contribution in [-0.2, 0) is 4.79 Å². The molecule has 0 saturated heterocycles. The Kier molecular flexibility index (Phi) is 3.01. The first-order valence-electron chi connectivity index (χ1n) is 6.11. The summed E-state index contributed by atoms with van der Waals surface area (Å²) >= 11 is 0. The van der Waals surface area contributed by atoms with Crippen molar-refractivity contribution in [1.82, 2.24) is 0 Å². The highest BCUT2D eigenvalue weighted by molar-refractivity contribution is 5.76. The summed E-state index contributed by atoms with van der Waals surface area (Å²) in [6, 6.07) is 0.129. The van der Waals surface area contributed by atoms with Crippen LogP contribution in [0.15, 0.2) is 0 Å². The summed E-state index contributed by atoms with van der Waals surface area (Å²) in [4.78, 5) is 11.2. The predicted molar refractivity (Wildman–Crippen MR) is 58.5 cm³/mol. The Hall–Kier alpha value is -0.570. The molecule has 86 valence electrons. The van der Waals surface area contributed by atoms with Crippen LogP contribution in [0.1, 0.15) is 51.4 Å². The van der Waals surface area contributed by atoms with E-state index in [9.17, 15) is 9.90 Å². The largest absolute Gasteiger partial charge is 0.481 e. The molecule has 3 N–H and O–H groups in total. The fraction of sp³-hybridized carbons (Fsp3) is 0.917. The normalized spacial score (nSPS) is 36.5. The van der Waals surface area contributed by atoms with E-state index in [4.69, 9.17) is 5.73 Å². The van der Waals surface area contributed by atoms with E-state index in [1.165, 1.54) is 25.7 Å². The highest BCUT2D eigenvalue weighted by Gasteiger charge is 2.48. The third kappa shape index (κ3) is 2.17. The van der Waals surface area contributed by atoms with Gasteiger partial charge in [-0.1, -0.05) is 25.7 Å². The minimum Gasteiger partial charge on any atom is -0.481 e. The SMILES string of the molecule is NC1CC(CCC2CCCC2)(C(=O)O)C1. The molecule has 2 aliphatic carbocycles. The van der Waals surface area contributed by atoms with Gasteiger partial charge >= 0.3 is 5.97 Å². The molecule has 0 aromatic rings. The zero-order valence-electron chi connectivity index (χ0n) is 9.24. The molecule has 0 atom stereocenters. The van der Waals surface area contributed by atoms with Gasteiger partial charge < -0.3 is 10.8 Å². The Balaban J connectivity index is 1.82. The van der Waals surface area contributed by atoms with Gasteiger partial charge in [0.05, 0.1) is 5.41 Å². The molecular weight excluding hydrogens is 190 g/mol. The van der Waals surface area contributed by atoms with Gasteiger partial charge in [0.1, 0.15) is 0 Å². The maximum Gasteiger partial charge on any atom is 0.309 e. The average molecular weight is 211 g/mol. The number of hydrogen-bond acceptors (Lipinski definition) is 2. The van der Waals surface area contributed by atoms with Crippen molar-refractivity contribution in [2.24, 2.45) is 17.1 Å². The van der Waals surface area contributed by atoms with Crippen LogP contribution in [0.2, 0.25) is 0 Å². The lowest BCUT2D eigenvalue weighted by Crippen LogP contribution is -2.51. The van der Waals surface area contributed by atoms with Crippen molar-refractivity contribution in [3.8, 4) is 0 Å². The van der Waals surface area contributed by atoms with Crippen molar-refractivity contribution in [3.63, 3.8) is 0 Å². The van der Waals surface area contributed by atoms with Crippen LogP contribution in [0, 0.1) is 11.3 Å². The van der Waals surface area contributed by atoms with Gasteiger partial charge in [-0.25, -0.2) is 0 Å². The summed E-state index contributed by atoms with van der Waals surface area (Å²) < 4.78 is 0. The second-order valence-corrected chi connectivity index (χ2v) is 5.44. The molecule has 0 unspecified atom stereocenters. The second-order valence-electron chi connectivity index (χ2n) is 5.44. The Bertz CT molecular complexity index is 240. The second kappa shape index (κ2) is 4.12. The highest BCUT2D eigenvalue weighted by Crippen LogP contribution is 2.46. The number of aliphatic carboxylic acids is 1. The molecule has 0 amide bonds. The molecule has 2 rings (SSSR count). The molecule has 3 heteroatoms. The Morgan fingerprint density at radius 2 is 1.93 bits per heavy atom. The van der Waals surface area contributed by atoms with Gasteiger partial charge in [-0.15, -0.1) is 0 Å². The van der Waals surface area contributed by atoms with Gasteiger partial charge in [0.15, 0.2) is 0 Å². The summed E-state index contributed by atoms with van der Waals surface area (Å²) in [6.07, 6.45) is 8.61. The molecule has 2 aliphatic rings. The molecule has 0 aromatic heterocycles. The smallest absolute Gasteiger partial charge is 0.309 e. The van der Waals surface area contributed by atoms with E-state index >= 15 is 0 Å². The number of carboxylic acids is 1. The van der Waals surface area contributed by atoms with Crippen LogP contribution in [0.25, 0.3) is 0 Å². The van der Waals surface area contributed by atoms with E-state index in [0.717, 1.165) is 18.8 Å². The molecule has 2 saturated carbocycles. The quantitative estimate of drug-likeness (QED) is 0.749. The van der Waals surface area contributed by atoms with E-state index in [-0.39, 0.29) is 6.04 Å². The molecule has 0 aromatic carbocycles. The van der Waals surface area contributed by atoms with E-state index < -0.39 is 11.4 Å². The molecule has 0 aliphatic heterocycles. The molecule has 0 spiro atoms. The van der Waals surface area contributed by atoms with Gasteiger partial charge in [0, 0.05) is 6.04 Å². The number of rotatable bonds is 4. The predicted octanol–water partition coefficient (Wildman–Crippen LogP) is 2.15. The van der Waals surface area contributed by atoms with Crippen LogP contribution >= 0.6 is 0 Å². The maximum absolute atomic E-state index is 11.2. The summed E-state index contributed by atoms with van der Waals surface area (Å²) in [7, 11) is 0. The van der Waals surface area contributed by atoms with Gasteiger partial charge in [0.2, 0.25) is 0 Å². The average Bonchev–Trinajstić information content (AvgIpc) is 2.62. The van der Waals surface area contributed by atoms with Crippen molar-refractivity contribution in [2.75, 3.05) is 0 Å². The lowest BCUT2D eigenvalue weighted by molar-refractivity contribution is -0.156. The number of carboxylic acid groups (broad SMARTS) is 1. The first-order valence-corrected chi connectivity index (χ1v) is 6.11. The molecule has 0 heterocycles. The van der Waals surface area contributed by atoms with Crippen LogP contribution in [0.3, 0.4) is 0 Å². The minimum absolute atomic E-state index is 0.129. The van der Waals surface area contributed by atoms with Crippen molar-refractivity contribution >= 4 is 5.97 Å². The van der Waals surface area contributed by atoms with Crippen molar-refractivity contribution in [3.05, 3.63) is 0 Å². The Morgan fingerprint density at radius 1 is 1.33 bits per heavy atom. The molecule has 0 bridgehead atoms. The topological polar surface area (TPSA) is 63.3 Å². The first kappa shape index (κ1) is 10.9. The van der Waals surface area contributed by atoms with Gasteiger partial charge in [-0.2, -0.15) is 0 Å². The van der Waals surface area contributed by atoms with E-state index in [2.05, 4.69) is 0 Å².